The second kappa shape index (κ2) is 8.88. The van der Waals surface area contributed by atoms with E-state index in [1.165, 1.54) is 0 Å². The van der Waals surface area contributed by atoms with Gasteiger partial charge in [-0.1, -0.05) is 18.2 Å². The molecule has 2 fully saturated rings. The molecule has 0 amide bonds. The van der Waals surface area contributed by atoms with Crippen molar-refractivity contribution in [2.24, 2.45) is 0 Å². The minimum Gasteiger partial charge on any atom is -0.611 e. The van der Waals surface area contributed by atoms with E-state index in [1.807, 2.05) is 37.1 Å². The zero-order valence-electron chi connectivity index (χ0n) is 18.5. The van der Waals surface area contributed by atoms with Gasteiger partial charge in [0, 0.05) is 32.7 Å². The predicted molar refractivity (Wildman–Crippen MR) is 122 cm³/mol. The molecule has 3 aliphatic rings. The Bertz CT molecular complexity index is 1010. The van der Waals surface area contributed by atoms with Crippen molar-refractivity contribution in [3.63, 3.8) is 0 Å². The van der Waals surface area contributed by atoms with E-state index < -0.39 is 11.2 Å². The lowest BCUT2D eigenvalue weighted by atomic mass is 10.1. The summed E-state index contributed by atoms with van der Waals surface area (Å²) in [5.41, 5.74) is 2.38. The van der Waals surface area contributed by atoms with Gasteiger partial charge in [0.2, 0.25) is 10.8 Å². The monoisotopic (exact) mass is 456 g/mol. The quantitative estimate of drug-likeness (QED) is 0.499. The first-order valence-electron chi connectivity index (χ1n) is 11.1. The first-order valence-corrected chi connectivity index (χ1v) is 12.4. The van der Waals surface area contributed by atoms with Gasteiger partial charge in [0.1, 0.15) is 17.6 Å². The Morgan fingerprint density at radius 2 is 2.00 bits per heavy atom. The number of aryl methyl sites for hydroxylation is 2. The molecule has 32 heavy (non-hydrogen) atoms. The molecule has 5 rings (SSSR count). The van der Waals surface area contributed by atoms with Crippen molar-refractivity contribution < 1.29 is 18.8 Å². The number of carbonyl (C=O) groups excluding carboxylic acids is 1. The van der Waals surface area contributed by atoms with Crippen molar-refractivity contribution in [1.82, 2.24) is 9.97 Å². The third-order valence-corrected chi connectivity index (χ3v) is 7.95. The van der Waals surface area contributed by atoms with E-state index in [1.54, 1.807) is 6.07 Å². The van der Waals surface area contributed by atoms with Gasteiger partial charge in [0.05, 0.1) is 18.7 Å². The van der Waals surface area contributed by atoms with Crippen LogP contribution in [-0.2, 0) is 27.1 Å². The first-order chi connectivity index (χ1) is 15.5. The van der Waals surface area contributed by atoms with E-state index in [9.17, 15) is 9.35 Å². The maximum Gasteiger partial charge on any atom is 0.338 e. The molecule has 3 aliphatic heterocycles. The number of nitrogens with zero attached hydrogens (tertiary/aromatic N) is 4. The van der Waals surface area contributed by atoms with Crippen LogP contribution in [0.2, 0.25) is 0 Å². The fraction of sp³-hybridized carbons (Fsp3) is 0.522. The van der Waals surface area contributed by atoms with Gasteiger partial charge in [0.25, 0.3) is 0 Å². The van der Waals surface area contributed by atoms with Gasteiger partial charge < -0.3 is 23.8 Å². The number of hydrogen-bond acceptors (Lipinski definition) is 8. The number of fused-ring (bicyclic) bond motifs is 1. The number of anilines is 2. The summed E-state index contributed by atoms with van der Waals surface area (Å²) in [6.45, 7) is 4.49. The van der Waals surface area contributed by atoms with Crippen LogP contribution in [0.5, 0.6) is 0 Å². The van der Waals surface area contributed by atoms with Crippen molar-refractivity contribution >= 4 is 28.9 Å². The molecule has 9 heteroatoms. The van der Waals surface area contributed by atoms with Gasteiger partial charge in [-0.25, -0.2) is 9.78 Å². The van der Waals surface area contributed by atoms with Crippen molar-refractivity contribution in [1.29, 1.82) is 0 Å². The highest BCUT2D eigenvalue weighted by molar-refractivity contribution is 7.91. The molecular weight excluding hydrogens is 428 g/mol. The number of esters is 1. The standard InChI is InChI=1S/C23H28N4O4S/c1-15-5-3-4-6-18(15)22(28)31-17-13-27(14-17)23-24-19-9-12-32(29)20(19)21(25-23)26(2)16-7-10-30-11-8-16/h3-6,16-17H,7-14H2,1-2H3. The van der Waals surface area contributed by atoms with Gasteiger partial charge in [-0.05, 0) is 42.6 Å². The summed E-state index contributed by atoms with van der Waals surface area (Å²) in [5.74, 6) is 1.70. The number of aromatic nitrogens is 2. The van der Waals surface area contributed by atoms with Gasteiger partial charge in [-0.15, -0.1) is 0 Å². The van der Waals surface area contributed by atoms with Crippen LogP contribution < -0.4 is 9.80 Å². The Kier molecular flexibility index (Phi) is 5.96. The second-order valence-corrected chi connectivity index (χ2v) is 10.1. The Balaban J connectivity index is 1.31. The number of rotatable bonds is 5. The third kappa shape index (κ3) is 4.04. The lowest BCUT2D eigenvalue weighted by molar-refractivity contribution is 0.0230. The van der Waals surface area contributed by atoms with E-state index in [4.69, 9.17) is 19.4 Å². The largest absolute Gasteiger partial charge is 0.611 e. The molecule has 0 spiro atoms. The van der Waals surface area contributed by atoms with Gasteiger partial charge in [-0.2, -0.15) is 4.98 Å². The summed E-state index contributed by atoms with van der Waals surface area (Å²) in [6.07, 6.45) is 2.37. The summed E-state index contributed by atoms with van der Waals surface area (Å²) in [7, 11) is 2.03. The number of benzene rings is 1. The highest BCUT2D eigenvalue weighted by Crippen LogP contribution is 2.36. The molecular formula is C23H28N4O4S. The summed E-state index contributed by atoms with van der Waals surface area (Å²) in [6, 6.07) is 7.76. The van der Waals surface area contributed by atoms with Crippen molar-refractivity contribution in [2.45, 2.75) is 43.2 Å². The van der Waals surface area contributed by atoms with Gasteiger partial charge in [-0.3, -0.25) is 0 Å². The molecule has 170 valence electrons. The predicted octanol–water partition coefficient (Wildman–Crippen LogP) is 2.11. The SMILES string of the molecule is Cc1ccccc1C(=O)OC1CN(c2nc3c(c(N(C)C4CCOCC4)n2)[S+]([O-])CC3)C1. The molecule has 0 aliphatic carbocycles. The average molecular weight is 457 g/mol. The Hall–Kier alpha value is -2.36. The Labute approximate surface area is 191 Å². The lowest BCUT2D eigenvalue weighted by Gasteiger charge is -2.39. The third-order valence-electron chi connectivity index (χ3n) is 6.50. The molecule has 2 aromatic rings. The summed E-state index contributed by atoms with van der Waals surface area (Å²) >= 11 is -1.06. The minimum atomic E-state index is -1.06. The van der Waals surface area contributed by atoms with Crippen LogP contribution in [0.25, 0.3) is 0 Å². The van der Waals surface area contributed by atoms with Crippen LogP contribution in [-0.4, -0.2) is 71.7 Å². The highest BCUT2D eigenvalue weighted by Gasteiger charge is 2.38. The maximum absolute atomic E-state index is 12.7. The second-order valence-electron chi connectivity index (χ2n) is 8.62. The molecule has 1 aromatic carbocycles. The average Bonchev–Trinajstić information content (AvgIpc) is 3.16. The van der Waals surface area contributed by atoms with Crippen LogP contribution in [0.4, 0.5) is 11.8 Å². The number of ether oxygens (including phenoxy) is 2. The summed E-state index contributed by atoms with van der Waals surface area (Å²) < 4.78 is 23.9. The zero-order chi connectivity index (χ0) is 22.2. The molecule has 2 saturated heterocycles. The topological polar surface area (TPSA) is 90.9 Å². The molecule has 4 heterocycles. The molecule has 0 N–H and O–H groups in total. The molecule has 0 radical (unpaired) electrons. The van der Waals surface area contributed by atoms with E-state index in [0.717, 1.165) is 48.0 Å². The summed E-state index contributed by atoms with van der Waals surface area (Å²) in [5, 5.41) is 0. The fourth-order valence-corrected chi connectivity index (χ4v) is 5.87. The van der Waals surface area contributed by atoms with E-state index in [2.05, 4.69) is 4.90 Å². The molecule has 0 saturated carbocycles. The maximum atomic E-state index is 12.7. The smallest absolute Gasteiger partial charge is 0.338 e. The number of hydrogen-bond donors (Lipinski definition) is 0. The molecule has 0 bridgehead atoms. The Morgan fingerprint density at radius 3 is 2.75 bits per heavy atom. The van der Waals surface area contributed by atoms with Crippen LogP contribution in [0.3, 0.4) is 0 Å². The number of carbonyl (C=O) groups is 1. The minimum absolute atomic E-state index is 0.190. The van der Waals surface area contributed by atoms with Crippen LogP contribution in [0.15, 0.2) is 29.2 Å². The van der Waals surface area contributed by atoms with Crippen LogP contribution in [0, 0.1) is 6.92 Å². The van der Waals surface area contributed by atoms with E-state index in [0.29, 0.717) is 42.8 Å². The van der Waals surface area contributed by atoms with E-state index in [-0.39, 0.29) is 12.1 Å². The van der Waals surface area contributed by atoms with Crippen molar-refractivity contribution in [3.05, 3.63) is 41.1 Å². The van der Waals surface area contributed by atoms with Crippen molar-refractivity contribution in [3.8, 4) is 0 Å². The first kappa shape index (κ1) is 21.5. The van der Waals surface area contributed by atoms with E-state index >= 15 is 0 Å². The van der Waals surface area contributed by atoms with Crippen LogP contribution in [0.1, 0.15) is 34.5 Å². The van der Waals surface area contributed by atoms with Crippen molar-refractivity contribution in [2.75, 3.05) is 48.9 Å². The molecule has 1 aromatic heterocycles. The van der Waals surface area contributed by atoms with Gasteiger partial charge >= 0.3 is 5.97 Å². The molecule has 1 unspecified atom stereocenters. The highest BCUT2D eigenvalue weighted by atomic mass is 32.2. The molecule has 1 atom stereocenters. The fourth-order valence-electron chi connectivity index (χ4n) is 4.48. The zero-order valence-corrected chi connectivity index (χ0v) is 19.3. The molecule has 8 nitrogen and oxygen atoms in total. The normalized spacial score (nSPS) is 21.2. The lowest BCUT2D eigenvalue weighted by Crippen LogP contribution is -2.54. The van der Waals surface area contributed by atoms with Gasteiger partial charge in [0.15, 0.2) is 5.82 Å². The van der Waals surface area contributed by atoms with Crippen LogP contribution >= 0.6 is 0 Å². The Morgan fingerprint density at radius 1 is 1.25 bits per heavy atom. The summed E-state index contributed by atoms with van der Waals surface area (Å²) in [4.78, 5) is 27.0.